The summed E-state index contributed by atoms with van der Waals surface area (Å²) in [4.78, 5) is 13.4. The van der Waals surface area contributed by atoms with E-state index in [-0.39, 0.29) is 23.8 Å². The number of benzene rings is 1. The van der Waals surface area contributed by atoms with Crippen LogP contribution in [-0.4, -0.2) is 59.9 Å². The van der Waals surface area contributed by atoms with Crippen LogP contribution in [0.2, 0.25) is 0 Å². The number of hydrogen-bond acceptors (Lipinski definition) is 4. The molecule has 0 unspecified atom stereocenters. The first-order valence-corrected chi connectivity index (χ1v) is 10.1. The van der Waals surface area contributed by atoms with Crippen LogP contribution in [0.4, 0.5) is 10.1 Å². The summed E-state index contributed by atoms with van der Waals surface area (Å²) in [6.07, 6.45) is 8.09. The molecular weight excluding hydrogens is 347 g/mol. The van der Waals surface area contributed by atoms with Gasteiger partial charge in [-0.3, -0.25) is 9.69 Å². The van der Waals surface area contributed by atoms with Crippen molar-refractivity contribution in [2.24, 2.45) is 5.41 Å². The number of rotatable bonds is 2. The molecule has 0 aromatic heterocycles. The maximum Gasteiger partial charge on any atom is 0.290 e. The summed E-state index contributed by atoms with van der Waals surface area (Å²) in [6, 6.07) is 7.53. The van der Waals surface area contributed by atoms with Crippen LogP contribution in [0.3, 0.4) is 0 Å². The Morgan fingerprint density at radius 3 is 2.26 bits per heavy atom. The van der Waals surface area contributed by atoms with Gasteiger partial charge in [0.2, 0.25) is 0 Å². The third-order valence-electron chi connectivity index (χ3n) is 6.67. The minimum atomic E-state index is -0.250. The van der Waals surface area contributed by atoms with E-state index in [4.69, 9.17) is 9.90 Å². The van der Waals surface area contributed by atoms with Gasteiger partial charge in [0.05, 0.1) is 6.10 Å². The van der Waals surface area contributed by atoms with Crippen molar-refractivity contribution in [2.45, 2.75) is 57.1 Å². The van der Waals surface area contributed by atoms with E-state index >= 15 is 0 Å². The maximum atomic E-state index is 13.1. The molecule has 2 saturated heterocycles. The summed E-state index contributed by atoms with van der Waals surface area (Å²) in [5, 5.41) is 17.4. The number of carboxylic acid groups (broad SMARTS) is 1. The summed E-state index contributed by atoms with van der Waals surface area (Å²) in [5.41, 5.74) is 1.32. The second kappa shape index (κ2) is 9.02. The Balaban J connectivity index is 0.000000659. The van der Waals surface area contributed by atoms with Crippen molar-refractivity contribution in [2.75, 3.05) is 31.1 Å². The number of likely N-dealkylation sites (tertiary alicyclic amines) is 1. The highest BCUT2D eigenvalue weighted by molar-refractivity contribution is 5.46. The standard InChI is InChI=1S/C20H29FN2O.CH2O2/c21-16-4-6-17(7-5-16)22-13-8-18(9-14-22)23-12-2-11-20(15-23)10-1-3-19(20)24;2-1-3/h4-7,18-19,24H,1-3,8-15H2;1H,(H,2,3)/t19-,20-;/m1./s1. The van der Waals surface area contributed by atoms with Crippen LogP contribution in [0.25, 0.3) is 0 Å². The number of nitrogens with zero attached hydrogens (tertiary/aromatic N) is 2. The highest BCUT2D eigenvalue weighted by Crippen LogP contribution is 2.45. The van der Waals surface area contributed by atoms with E-state index in [1.807, 2.05) is 12.1 Å². The fourth-order valence-corrected chi connectivity index (χ4v) is 5.25. The molecule has 5 nitrogen and oxygen atoms in total. The van der Waals surface area contributed by atoms with Crippen LogP contribution in [0.5, 0.6) is 0 Å². The lowest BCUT2D eigenvalue weighted by atomic mass is 9.76. The Bertz CT molecular complexity index is 604. The lowest BCUT2D eigenvalue weighted by Crippen LogP contribution is -2.53. The van der Waals surface area contributed by atoms with E-state index in [1.54, 1.807) is 12.1 Å². The molecule has 1 aromatic carbocycles. The average Bonchev–Trinajstić information content (AvgIpc) is 3.03. The molecular formula is C21H31FN2O3. The largest absolute Gasteiger partial charge is 0.483 e. The highest BCUT2D eigenvalue weighted by atomic mass is 19.1. The molecule has 1 aromatic rings. The average molecular weight is 378 g/mol. The van der Waals surface area contributed by atoms with Crippen LogP contribution >= 0.6 is 0 Å². The number of aliphatic hydroxyl groups is 1. The summed E-state index contributed by atoms with van der Waals surface area (Å²) in [7, 11) is 0. The number of halogens is 1. The SMILES string of the molecule is O=CO.O[C@@H]1CCC[C@]12CCCN(C1CCN(c3ccc(F)cc3)CC1)C2. The Hall–Kier alpha value is -1.66. The minimum absolute atomic E-state index is 0.0837. The lowest BCUT2D eigenvalue weighted by Gasteiger charge is -2.47. The van der Waals surface area contributed by atoms with E-state index in [9.17, 15) is 9.50 Å². The summed E-state index contributed by atoms with van der Waals surface area (Å²) in [6.45, 7) is 4.12. The molecule has 2 heterocycles. The number of piperidine rings is 2. The first-order chi connectivity index (χ1) is 13.1. The molecule has 1 spiro atoms. The van der Waals surface area contributed by atoms with Crippen LogP contribution in [0.15, 0.2) is 24.3 Å². The number of aliphatic hydroxyl groups excluding tert-OH is 1. The van der Waals surface area contributed by atoms with E-state index < -0.39 is 0 Å². The monoisotopic (exact) mass is 378 g/mol. The Labute approximate surface area is 160 Å². The van der Waals surface area contributed by atoms with Gasteiger partial charge in [-0.1, -0.05) is 6.42 Å². The molecule has 3 aliphatic rings. The van der Waals surface area contributed by atoms with Crippen molar-refractivity contribution in [3.63, 3.8) is 0 Å². The van der Waals surface area contributed by atoms with Crippen LogP contribution in [0.1, 0.15) is 44.9 Å². The van der Waals surface area contributed by atoms with Crippen molar-refractivity contribution < 1.29 is 19.4 Å². The van der Waals surface area contributed by atoms with Crippen molar-refractivity contribution in [3.05, 3.63) is 30.1 Å². The van der Waals surface area contributed by atoms with Gasteiger partial charge in [-0.25, -0.2) is 4.39 Å². The molecule has 2 atom stereocenters. The van der Waals surface area contributed by atoms with Crippen molar-refractivity contribution in [1.29, 1.82) is 0 Å². The molecule has 6 heteroatoms. The van der Waals surface area contributed by atoms with Gasteiger partial charge in [0.1, 0.15) is 5.82 Å². The molecule has 2 aliphatic heterocycles. The van der Waals surface area contributed by atoms with Gasteiger partial charge < -0.3 is 15.1 Å². The molecule has 150 valence electrons. The van der Waals surface area contributed by atoms with Crippen molar-refractivity contribution in [1.82, 2.24) is 4.90 Å². The molecule has 1 saturated carbocycles. The maximum absolute atomic E-state index is 13.1. The first kappa shape index (κ1) is 20.1. The van der Waals surface area contributed by atoms with Gasteiger partial charge in [-0.05, 0) is 69.3 Å². The third-order valence-corrected chi connectivity index (χ3v) is 6.67. The van der Waals surface area contributed by atoms with Gasteiger partial charge in [0, 0.05) is 36.8 Å². The number of hydrogen-bond donors (Lipinski definition) is 2. The third kappa shape index (κ3) is 4.61. The molecule has 4 rings (SSSR count). The molecule has 1 aliphatic carbocycles. The second-order valence-corrected chi connectivity index (χ2v) is 8.14. The highest BCUT2D eigenvalue weighted by Gasteiger charge is 2.45. The van der Waals surface area contributed by atoms with Gasteiger partial charge in [-0.2, -0.15) is 0 Å². The van der Waals surface area contributed by atoms with Gasteiger partial charge in [0.25, 0.3) is 6.47 Å². The number of anilines is 1. The Morgan fingerprint density at radius 1 is 1.04 bits per heavy atom. The van der Waals surface area contributed by atoms with Gasteiger partial charge in [-0.15, -0.1) is 0 Å². The zero-order valence-electron chi connectivity index (χ0n) is 15.9. The fraction of sp³-hybridized carbons (Fsp3) is 0.667. The molecule has 3 fully saturated rings. The smallest absolute Gasteiger partial charge is 0.290 e. The quantitative estimate of drug-likeness (QED) is 0.774. The second-order valence-electron chi connectivity index (χ2n) is 8.14. The van der Waals surface area contributed by atoms with Crippen LogP contribution < -0.4 is 4.90 Å². The summed E-state index contributed by atoms with van der Waals surface area (Å²) < 4.78 is 13.1. The summed E-state index contributed by atoms with van der Waals surface area (Å²) >= 11 is 0. The zero-order valence-corrected chi connectivity index (χ0v) is 15.9. The van der Waals surface area contributed by atoms with E-state index in [1.165, 1.54) is 45.1 Å². The topological polar surface area (TPSA) is 64.0 Å². The lowest BCUT2D eigenvalue weighted by molar-refractivity contribution is -0.122. The van der Waals surface area contributed by atoms with Gasteiger partial charge in [0.15, 0.2) is 0 Å². The zero-order chi connectivity index (χ0) is 19.3. The van der Waals surface area contributed by atoms with E-state index in [0.29, 0.717) is 6.04 Å². The van der Waals surface area contributed by atoms with E-state index in [0.717, 1.165) is 31.7 Å². The first-order valence-electron chi connectivity index (χ1n) is 10.1. The molecule has 0 bridgehead atoms. The minimum Gasteiger partial charge on any atom is -0.483 e. The predicted octanol–water partition coefficient (Wildman–Crippen LogP) is 3.12. The number of carbonyl (C=O) groups is 1. The normalized spacial score (nSPS) is 29.4. The van der Waals surface area contributed by atoms with Crippen LogP contribution in [0, 0.1) is 11.2 Å². The molecule has 27 heavy (non-hydrogen) atoms. The Morgan fingerprint density at radius 2 is 1.67 bits per heavy atom. The van der Waals surface area contributed by atoms with E-state index in [2.05, 4.69) is 9.80 Å². The molecule has 0 amide bonds. The van der Waals surface area contributed by atoms with Crippen LogP contribution in [-0.2, 0) is 4.79 Å². The summed E-state index contributed by atoms with van der Waals surface area (Å²) in [5.74, 6) is -0.164. The Kier molecular flexibility index (Phi) is 6.71. The fourth-order valence-electron chi connectivity index (χ4n) is 5.25. The van der Waals surface area contributed by atoms with Gasteiger partial charge >= 0.3 is 0 Å². The molecule has 2 N–H and O–H groups in total. The predicted molar refractivity (Wildman–Crippen MR) is 103 cm³/mol. The van der Waals surface area contributed by atoms with Crippen molar-refractivity contribution >= 4 is 12.2 Å². The van der Waals surface area contributed by atoms with Crippen molar-refractivity contribution in [3.8, 4) is 0 Å². The molecule has 0 radical (unpaired) electrons.